The first kappa shape index (κ1) is 20.9. The van der Waals surface area contributed by atoms with Crippen molar-refractivity contribution in [2.45, 2.75) is 32.7 Å². The number of hydrogen-bond donors (Lipinski definition) is 3. The lowest BCUT2D eigenvalue weighted by atomic mass is 10.2. The minimum Gasteiger partial charge on any atom is -0.463 e. The van der Waals surface area contributed by atoms with Crippen molar-refractivity contribution in [1.29, 1.82) is 0 Å². The molecule has 3 amide bonds. The maximum atomic E-state index is 12.6. The van der Waals surface area contributed by atoms with Crippen molar-refractivity contribution in [3.05, 3.63) is 41.6 Å². The predicted molar refractivity (Wildman–Crippen MR) is 106 cm³/mol. The Labute approximate surface area is 163 Å². The molecule has 1 atom stereocenters. The summed E-state index contributed by atoms with van der Waals surface area (Å²) in [6.07, 6.45) is 3.67. The fourth-order valence-electron chi connectivity index (χ4n) is 2.79. The van der Waals surface area contributed by atoms with Crippen LogP contribution in [0.5, 0.6) is 0 Å². The van der Waals surface area contributed by atoms with E-state index in [2.05, 4.69) is 15.7 Å². The van der Waals surface area contributed by atoms with Gasteiger partial charge >= 0.3 is 12.0 Å². The van der Waals surface area contributed by atoms with Gasteiger partial charge < -0.3 is 26.1 Å². The highest BCUT2D eigenvalue weighted by Crippen LogP contribution is 2.21. The van der Waals surface area contributed by atoms with Crippen molar-refractivity contribution in [3.63, 3.8) is 0 Å². The van der Waals surface area contributed by atoms with Gasteiger partial charge in [-0.05, 0) is 37.5 Å². The van der Waals surface area contributed by atoms with E-state index in [1.165, 1.54) is 12.3 Å². The smallest absolute Gasteiger partial charge is 0.332 e. The Bertz CT molecular complexity index is 773. The van der Waals surface area contributed by atoms with E-state index < -0.39 is 18.0 Å². The molecule has 0 bridgehead atoms. The number of allylic oxidation sites excluding steroid dienone is 1. The first-order valence-corrected chi connectivity index (χ1v) is 9.08. The summed E-state index contributed by atoms with van der Waals surface area (Å²) < 4.78 is 4.83. The molecule has 0 aromatic heterocycles. The van der Waals surface area contributed by atoms with Gasteiger partial charge in [0.2, 0.25) is 5.91 Å². The van der Waals surface area contributed by atoms with Crippen molar-refractivity contribution < 1.29 is 19.1 Å². The lowest BCUT2D eigenvalue weighted by Crippen LogP contribution is -2.46. The number of rotatable bonds is 7. The average Bonchev–Trinajstić information content (AvgIpc) is 3.02. The molecular formula is C19H25N5O4. The number of benzene rings is 1. The third-order valence-corrected chi connectivity index (χ3v) is 4.17. The lowest BCUT2D eigenvalue weighted by Gasteiger charge is -2.18. The van der Waals surface area contributed by atoms with Gasteiger partial charge in [-0.15, -0.1) is 0 Å². The second-order valence-electron chi connectivity index (χ2n) is 6.07. The summed E-state index contributed by atoms with van der Waals surface area (Å²) in [4.78, 5) is 37.9. The molecule has 1 aliphatic heterocycles. The zero-order chi connectivity index (χ0) is 20.5. The number of carbonyl (C=O) groups is 3. The third kappa shape index (κ3) is 5.57. The van der Waals surface area contributed by atoms with E-state index in [1.807, 2.05) is 0 Å². The maximum Gasteiger partial charge on any atom is 0.332 e. The molecule has 4 N–H and O–H groups in total. The van der Waals surface area contributed by atoms with E-state index in [0.717, 1.165) is 11.3 Å². The van der Waals surface area contributed by atoms with Gasteiger partial charge in [0.1, 0.15) is 6.04 Å². The van der Waals surface area contributed by atoms with Crippen molar-refractivity contribution >= 4 is 29.8 Å². The van der Waals surface area contributed by atoms with Crippen LogP contribution in [0.2, 0.25) is 0 Å². The molecular weight excluding hydrogens is 362 g/mol. The number of nitrogens with two attached hydrogens (primary N) is 1. The Morgan fingerprint density at radius 1 is 1.32 bits per heavy atom. The summed E-state index contributed by atoms with van der Waals surface area (Å²) in [6, 6.07) is 6.04. The van der Waals surface area contributed by atoms with E-state index in [0.29, 0.717) is 25.1 Å². The summed E-state index contributed by atoms with van der Waals surface area (Å²) in [5, 5.41) is 8.71. The predicted octanol–water partition coefficient (Wildman–Crippen LogP) is 1.24. The molecule has 9 nitrogen and oxygen atoms in total. The first-order chi connectivity index (χ1) is 13.5. The van der Waals surface area contributed by atoms with Crippen LogP contribution in [0.15, 0.2) is 41.1 Å². The van der Waals surface area contributed by atoms with Gasteiger partial charge in [-0.1, -0.05) is 19.1 Å². The molecule has 1 heterocycles. The molecule has 1 aromatic carbocycles. The lowest BCUT2D eigenvalue weighted by molar-refractivity contribution is -0.137. The summed E-state index contributed by atoms with van der Waals surface area (Å²) in [7, 11) is 0. The number of anilines is 1. The van der Waals surface area contributed by atoms with E-state index in [1.54, 1.807) is 43.0 Å². The largest absolute Gasteiger partial charge is 0.463 e. The minimum atomic E-state index is -0.633. The molecule has 0 radical (unpaired) electrons. The minimum absolute atomic E-state index is 0.192. The van der Waals surface area contributed by atoms with Crippen molar-refractivity contribution in [2.24, 2.45) is 10.9 Å². The summed E-state index contributed by atoms with van der Waals surface area (Å²) >= 11 is 0. The highest BCUT2D eigenvalue weighted by Gasteiger charge is 2.33. The molecule has 2 rings (SSSR count). The van der Waals surface area contributed by atoms with E-state index in [4.69, 9.17) is 10.6 Å². The monoisotopic (exact) mass is 387 g/mol. The number of hydrogen-bond acceptors (Lipinski definition) is 6. The topological polar surface area (TPSA) is 126 Å². The molecule has 0 unspecified atom stereocenters. The number of carbonyl (C=O) groups excluding carboxylic acids is 3. The van der Waals surface area contributed by atoms with Crippen LogP contribution in [0.1, 0.15) is 32.3 Å². The van der Waals surface area contributed by atoms with Crippen LogP contribution >= 0.6 is 0 Å². The molecule has 1 fully saturated rings. The van der Waals surface area contributed by atoms with Gasteiger partial charge in [0.05, 0.1) is 12.8 Å². The normalized spacial score (nSPS) is 17.1. The fraction of sp³-hybridized carbons (Fsp3) is 0.368. The summed E-state index contributed by atoms with van der Waals surface area (Å²) in [5.41, 5.74) is 1.98. The Morgan fingerprint density at radius 3 is 2.64 bits per heavy atom. The molecule has 28 heavy (non-hydrogen) atoms. The zero-order valence-corrected chi connectivity index (χ0v) is 16.0. The molecule has 0 aliphatic carbocycles. The van der Waals surface area contributed by atoms with Crippen LogP contribution in [0.3, 0.4) is 0 Å². The maximum absolute atomic E-state index is 12.6. The Balaban J connectivity index is 1.95. The fourth-order valence-corrected chi connectivity index (χ4v) is 2.79. The number of hydrazone groups is 1. The Morgan fingerprint density at radius 2 is 2.04 bits per heavy atom. The number of ether oxygens (including phenoxy) is 1. The molecule has 9 heteroatoms. The van der Waals surface area contributed by atoms with Crippen LogP contribution in [-0.2, 0) is 14.3 Å². The van der Waals surface area contributed by atoms with Crippen molar-refractivity contribution in [1.82, 2.24) is 10.6 Å². The van der Waals surface area contributed by atoms with Gasteiger partial charge in [0.15, 0.2) is 0 Å². The van der Waals surface area contributed by atoms with E-state index in [9.17, 15) is 14.4 Å². The quantitative estimate of drug-likeness (QED) is 0.213. The van der Waals surface area contributed by atoms with Gasteiger partial charge in [-0.3, -0.25) is 4.79 Å². The highest BCUT2D eigenvalue weighted by atomic mass is 16.5. The second kappa shape index (κ2) is 10.1. The Kier molecular flexibility index (Phi) is 7.55. The molecule has 0 saturated carbocycles. The van der Waals surface area contributed by atoms with Crippen LogP contribution < -0.4 is 21.4 Å². The van der Waals surface area contributed by atoms with Crippen molar-refractivity contribution in [2.75, 3.05) is 18.1 Å². The number of nitrogens with zero attached hydrogens (tertiary/aromatic N) is 2. The van der Waals surface area contributed by atoms with E-state index in [-0.39, 0.29) is 12.5 Å². The van der Waals surface area contributed by atoms with Crippen LogP contribution in [-0.4, -0.2) is 43.3 Å². The SMILES string of the molecule is CCOC(=O)C=C(CC)NC(=O)N[C@H]1CCN(c2ccc(C=NN)cc2)C1=O. The molecule has 1 aliphatic rings. The van der Waals surface area contributed by atoms with Crippen LogP contribution in [0.25, 0.3) is 0 Å². The van der Waals surface area contributed by atoms with Gasteiger partial charge in [0, 0.05) is 24.0 Å². The number of amides is 3. The van der Waals surface area contributed by atoms with Gasteiger partial charge in [0.25, 0.3) is 0 Å². The van der Waals surface area contributed by atoms with Gasteiger partial charge in [-0.25, -0.2) is 9.59 Å². The number of esters is 1. The van der Waals surface area contributed by atoms with Crippen LogP contribution in [0.4, 0.5) is 10.5 Å². The molecule has 150 valence electrons. The molecule has 1 aromatic rings. The number of nitrogens with one attached hydrogen (secondary N) is 2. The summed E-state index contributed by atoms with van der Waals surface area (Å²) in [5.74, 6) is 4.41. The average molecular weight is 387 g/mol. The summed E-state index contributed by atoms with van der Waals surface area (Å²) in [6.45, 7) is 4.25. The third-order valence-electron chi connectivity index (χ3n) is 4.17. The zero-order valence-electron chi connectivity index (χ0n) is 16.0. The first-order valence-electron chi connectivity index (χ1n) is 9.08. The Hall–Kier alpha value is -3.36. The van der Waals surface area contributed by atoms with Gasteiger partial charge in [-0.2, -0.15) is 5.10 Å². The van der Waals surface area contributed by atoms with E-state index >= 15 is 0 Å². The molecule has 1 saturated heterocycles. The second-order valence-corrected chi connectivity index (χ2v) is 6.07. The highest BCUT2D eigenvalue weighted by molar-refractivity contribution is 6.01. The molecule has 0 spiro atoms. The van der Waals surface area contributed by atoms with Crippen molar-refractivity contribution in [3.8, 4) is 0 Å². The van der Waals surface area contributed by atoms with Crippen LogP contribution in [0, 0.1) is 0 Å². The standard InChI is InChI=1S/C19H25N5O4/c1-3-14(11-17(25)28-4-2)22-19(27)23-16-9-10-24(18(16)26)15-7-5-13(6-8-15)12-21-20/h5-8,11-12,16H,3-4,9-10,20H2,1-2H3,(H2,22,23,27)/t16-/m0/s1. The number of urea groups is 1.